The summed E-state index contributed by atoms with van der Waals surface area (Å²) in [4.78, 5) is 41.7. The molecule has 0 saturated carbocycles. The van der Waals surface area contributed by atoms with Gasteiger partial charge < -0.3 is 24.4 Å². The quantitative estimate of drug-likeness (QED) is 0.177. The fourth-order valence-electron chi connectivity index (χ4n) is 4.35. The topological polar surface area (TPSA) is 217 Å². The summed E-state index contributed by atoms with van der Waals surface area (Å²) in [5.41, 5.74) is 5.51. The van der Waals surface area contributed by atoms with Gasteiger partial charge >= 0.3 is 13.5 Å². The molecule has 0 aliphatic carbocycles. The molecule has 0 radical (unpaired) electrons. The van der Waals surface area contributed by atoms with Gasteiger partial charge in [0.25, 0.3) is 5.56 Å². The second kappa shape index (κ2) is 11.5. The van der Waals surface area contributed by atoms with Gasteiger partial charge in [-0.15, -0.1) is 0 Å². The van der Waals surface area contributed by atoms with Gasteiger partial charge in [-0.05, 0) is 23.9 Å². The van der Waals surface area contributed by atoms with E-state index < -0.39 is 56.9 Å². The van der Waals surface area contributed by atoms with Gasteiger partial charge in [0.2, 0.25) is 5.95 Å². The number of aromatic nitrogens is 8. The van der Waals surface area contributed by atoms with Crippen molar-refractivity contribution < 1.29 is 36.7 Å². The number of H-pyrrole nitrogens is 1. The molecule has 2 aliphatic rings. The molecule has 6 heterocycles. The average Bonchev–Trinajstić information content (AvgIpc) is 3.63. The minimum absolute atomic E-state index is 0.0517. The summed E-state index contributed by atoms with van der Waals surface area (Å²) in [5.74, 6) is 0.266. The van der Waals surface area contributed by atoms with Crippen molar-refractivity contribution in [2.45, 2.75) is 37.8 Å². The number of imidazole rings is 1. The van der Waals surface area contributed by atoms with Crippen LogP contribution in [0.1, 0.15) is 12.1 Å². The van der Waals surface area contributed by atoms with E-state index in [2.05, 4.69) is 42.3 Å². The lowest BCUT2D eigenvalue weighted by molar-refractivity contribution is -0.0454. The van der Waals surface area contributed by atoms with Crippen molar-refractivity contribution in [3.63, 3.8) is 0 Å². The molecule has 22 heteroatoms. The summed E-state index contributed by atoms with van der Waals surface area (Å²) in [6.07, 6.45) is -2.17. The molecule has 1 fully saturated rings. The van der Waals surface area contributed by atoms with Crippen LogP contribution in [-0.2, 0) is 52.4 Å². The molecule has 2 bridgehead atoms. The number of ether oxygens (including phenoxy) is 1. The van der Waals surface area contributed by atoms with Crippen molar-refractivity contribution >= 4 is 54.7 Å². The van der Waals surface area contributed by atoms with E-state index >= 15 is 4.39 Å². The number of rotatable bonds is 2. The Morgan fingerprint density at radius 3 is 2.81 bits per heavy atom. The average molecular weight is 662 g/mol. The molecule has 3 unspecified atom stereocenters. The van der Waals surface area contributed by atoms with Crippen molar-refractivity contribution in [3.05, 3.63) is 47.0 Å². The second-order valence-electron chi connectivity index (χ2n) is 9.00. The Kier molecular flexibility index (Phi) is 8.03. The zero-order chi connectivity index (χ0) is 29.6. The Morgan fingerprint density at radius 2 is 2.02 bits per heavy atom. The van der Waals surface area contributed by atoms with Gasteiger partial charge in [0.05, 0.1) is 26.1 Å². The van der Waals surface area contributed by atoms with Gasteiger partial charge in [-0.25, -0.2) is 23.6 Å². The first-order valence-corrected chi connectivity index (χ1v) is 17.4. The number of aromatic amines is 1. The third-order valence-corrected chi connectivity index (χ3v) is 9.46. The maximum Gasteiger partial charge on any atom is 0.387 e. The zero-order valence-corrected chi connectivity index (χ0v) is 24.7. The van der Waals surface area contributed by atoms with Crippen LogP contribution in [0.4, 0.5) is 10.3 Å². The zero-order valence-electron chi connectivity index (χ0n) is 21.2. The first-order valence-electron chi connectivity index (χ1n) is 12.1. The first-order chi connectivity index (χ1) is 20.0. The van der Waals surface area contributed by atoms with Crippen molar-refractivity contribution in [3.8, 4) is 11.4 Å². The number of thiol groups is 1. The fourth-order valence-corrected chi connectivity index (χ4v) is 6.85. The van der Waals surface area contributed by atoms with Crippen LogP contribution in [0.5, 0.6) is 0 Å². The van der Waals surface area contributed by atoms with E-state index in [1.54, 1.807) is 24.5 Å². The summed E-state index contributed by atoms with van der Waals surface area (Å²) < 4.78 is 59.5. The Morgan fingerprint density at radius 1 is 1.24 bits per heavy atom. The third kappa shape index (κ3) is 6.05. The molecule has 0 amide bonds. The number of alkyl halides is 1. The molecule has 1 saturated heterocycles. The van der Waals surface area contributed by atoms with Gasteiger partial charge in [0, 0.05) is 18.0 Å². The monoisotopic (exact) mass is 661 g/mol. The molecular formula is C20H22FN9O8P2S2. The highest BCUT2D eigenvalue weighted by Crippen LogP contribution is 2.57. The van der Waals surface area contributed by atoms with E-state index in [0.717, 1.165) is 6.33 Å². The lowest BCUT2D eigenvalue weighted by atomic mass is 10.1. The molecule has 4 aromatic heterocycles. The summed E-state index contributed by atoms with van der Waals surface area (Å²) >= 11 is 9.15. The van der Waals surface area contributed by atoms with Crippen LogP contribution in [0.25, 0.3) is 22.6 Å². The lowest BCUT2D eigenvalue weighted by Crippen LogP contribution is -2.32. The molecule has 2 aliphatic heterocycles. The number of halogens is 1. The molecule has 6 atom stereocenters. The van der Waals surface area contributed by atoms with Gasteiger partial charge in [-0.2, -0.15) is 10.1 Å². The standard InChI is InChI=1S/C20H22FN9O8P2S2/c21-13-11-7-35-39(32,41)34-6-5-30-12(25-16(28-30)10-1-3-23-4-2-10)8-36-40(33,42)38-15(13)19(37-11)29-9-24-14-17(29)26-20(22)27-18(14)31/h1-4,9,11,13,15,19H,5-8H2,(H,32,41)(H,33,42)(H3,22,26,27,31)/t11-,13-,15-,19?,39?,40?/m1/s1. The number of hydrogen-bond acceptors (Lipinski definition) is 14. The van der Waals surface area contributed by atoms with E-state index in [4.69, 9.17) is 40.4 Å². The molecule has 17 nitrogen and oxygen atoms in total. The largest absolute Gasteiger partial charge is 0.387 e. The predicted octanol–water partition coefficient (Wildman–Crippen LogP) is 1.49. The predicted molar refractivity (Wildman–Crippen MR) is 149 cm³/mol. The summed E-state index contributed by atoms with van der Waals surface area (Å²) in [6.45, 7) is -9.27. The van der Waals surface area contributed by atoms with Crippen LogP contribution in [0.2, 0.25) is 0 Å². The van der Waals surface area contributed by atoms with Gasteiger partial charge in [-0.1, -0.05) is 12.2 Å². The SMILES string of the molecule is Nc1nc2c(ncn2C2O[C@@H]3COP(O)(=S)OCCn4nc(-c5ccncc5)nc4COP(=O)(S)O[C@@H]2[C@@H]3F)c(=O)[nH]1. The number of hydrogen-bond donors (Lipinski definition) is 4. The second-order valence-corrected chi connectivity index (χ2v) is 14.7. The van der Waals surface area contributed by atoms with E-state index in [0.29, 0.717) is 11.4 Å². The number of nitrogens with one attached hydrogen (secondary N) is 1. The molecule has 4 aromatic rings. The minimum Gasteiger partial charge on any atom is -0.369 e. The third-order valence-electron chi connectivity index (χ3n) is 6.25. The maximum atomic E-state index is 15.8. The Balaban J connectivity index is 1.35. The van der Waals surface area contributed by atoms with Crippen LogP contribution in [0, 0.1) is 0 Å². The summed E-state index contributed by atoms with van der Waals surface area (Å²) in [6, 6.07) is 3.38. The number of fused-ring (bicyclic) bond motifs is 4. The molecule has 0 aromatic carbocycles. The molecule has 4 N–H and O–H groups in total. The first kappa shape index (κ1) is 29.4. The molecule has 0 spiro atoms. The van der Waals surface area contributed by atoms with Crippen LogP contribution in [0.15, 0.2) is 35.6 Å². The Labute approximate surface area is 245 Å². The van der Waals surface area contributed by atoms with E-state index in [1.807, 2.05) is 0 Å². The highest BCUT2D eigenvalue weighted by molar-refractivity contribution is 8.44. The van der Waals surface area contributed by atoms with Gasteiger partial charge in [-0.3, -0.25) is 28.4 Å². The van der Waals surface area contributed by atoms with Crippen molar-refractivity contribution in [1.82, 2.24) is 39.3 Å². The van der Waals surface area contributed by atoms with E-state index in [9.17, 15) is 14.3 Å². The van der Waals surface area contributed by atoms with Gasteiger partial charge in [0.1, 0.15) is 18.8 Å². The number of nitrogens with zero attached hydrogens (tertiary/aromatic N) is 7. The normalized spacial score (nSPS) is 30.9. The molecule has 224 valence electrons. The summed E-state index contributed by atoms with van der Waals surface area (Å²) in [5, 5.41) is 4.43. The molecular weight excluding hydrogens is 639 g/mol. The number of nitrogens with two attached hydrogens (primary N) is 1. The van der Waals surface area contributed by atoms with Crippen molar-refractivity contribution in [2.24, 2.45) is 0 Å². The fraction of sp³-hybridized carbons (Fsp3) is 0.400. The molecule has 42 heavy (non-hydrogen) atoms. The van der Waals surface area contributed by atoms with Crippen LogP contribution in [-0.4, -0.2) is 75.8 Å². The van der Waals surface area contributed by atoms with Crippen LogP contribution >= 0.6 is 25.8 Å². The minimum atomic E-state index is -4.32. The van der Waals surface area contributed by atoms with Gasteiger partial charge in [0.15, 0.2) is 35.2 Å². The Hall–Kier alpha value is -2.64. The number of nitrogen functional groups attached to an aromatic ring is 1. The highest BCUT2D eigenvalue weighted by atomic mass is 32.7. The van der Waals surface area contributed by atoms with Crippen molar-refractivity contribution in [2.75, 3.05) is 18.9 Å². The number of anilines is 1. The van der Waals surface area contributed by atoms with Crippen LogP contribution < -0.4 is 11.3 Å². The molecule has 6 rings (SSSR count). The van der Waals surface area contributed by atoms with Crippen LogP contribution in [0.3, 0.4) is 0 Å². The highest BCUT2D eigenvalue weighted by Gasteiger charge is 2.51. The number of pyridine rings is 1. The Bertz CT molecular complexity index is 1780. The van der Waals surface area contributed by atoms with E-state index in [-0.39, 0.29) is 36.1 Å². The summed E-state index contributed by atoms with van der Waals surface area (Å²) in [7, 11) is 0. The smallest absolute Gasteiger partial charge is 0.369 e. The lowest BCUT2D eigenvalue weighted by Gasteiger charge is -2.23. The van der Waals surface area contributed by atoms with Crippen molar-refractivity contribution in [1.29, 1.82) is 0 Å². The van der Waals surface area contributed by atoms with E-state index in [1.165, 1.54) is 9.25 Å². The maximum absolute atomic E-state index is 15.8.